The van der Waals surface area contributed by atoms with Crippen molar-refractivity contribution in [2.24, 2.45) is 0 Å². The third-order valence-electron chi connectivity index (χ3n) is 2.73. The van der Waals surface area contributed by atoms with Crippen LogP contribution < -0.4 is 5.43 Å². The van der Waals surface area contributed by atoms with E-state index in [2.05, 4.69) is 10.5 Å². The van der Waals surface area contributed by atoms with E-state index >= 15 is 0 Å². The van der Waals surface area contributed by atoms with Crippen molar-refractivity contribution in [3.8, 4) is 5.69 Å². The third-order valence-corrected chi connectivity index (χ3v) is 2.73. The first-order valence-corrected chi connectivity index (χ1v) is 5.88. The highest BCUT2D eigenvalue weighted by molar-refractivity contribution is 5.31. The van der Waals surface area contributed by atoms with E-state index in [1.165, 1.54) is 0 Å². The summed E-state index contributed by atoms with van der Waals surface area (Å²) in [5, 5.41) is 4.35. The predicted octanol–water partition coefficient (Wildman–Crippen LogP) is 2.42. The number of nitrogens with one attached hydrogen (secondary N) is 1. The van der Waals surface area contributed by atoms with Gasteiger partial charge in [-0.3, -0.25) is 4.68 Å². The Bertz CT molecular complexity index is 596. The molecule has 0 amide bonds. The molecule has 0 aliphatic heterocycles. The molecule has 0 unspecified atom stereocenters. The van der Waals surface area contributed by atoms with Crippen LogP contribution in [0.3, 0.4) is 0 Å². The SMILES string of the molecule is c1ccc(-n2cc(CNn3cccc3)cn2)cc1. The minimum absolute atomic E-state index is 0.752. The second kappa shape index (κ2) is 4.79. The summed E-state index contributed by atoms with van der Waals surface area (Å²) in [4.78, 5) is 0. The van der Waals surface area contributed by atoms with Crippen LogP contribution in [0.4, 0.5) is 0 Å². The lowest BCUT2D eigenvalue weighted by atomic mass is 10.3. The quantitative estimate of drug-likeness (QED) is 0.757. The molecule has 0 radical (unpaired) electrons. The molecule has 4 heteroatoms. The first-order valence-electron chi connectivity index (χ1n) is 5.88. The van der Waals surface area contributed by atoms with E-state index in [9.17, 15) is 0 Å². The zero-order chi connectivity index (χ0) is 12.2. The lowest BCUT2D eigenvalue weighted by molar-refractivity contribution is 0.845. The highest BCUT2D eigenvalue weighted by Gasteiger charge is 1.99. The van der Waals surface area contributed by atoms with E-state index in [0.717, 1.165) is 17.8 Å². The van der Waals surface area contributed by atoms with Crippen LogP contribution in [-0.4, -0.2) is 14.5 Å². The third kappa shape index (κ3) is 2.27. The van der Waals surface area contributed by atoms with Gasteiger partial charge < -0.3 is 5.43 Å². The Kier molecular flexibility index (Phi) is 2.84. The molecule has 90 valence electrons. The van der Waals surface area contributed by atoms with Gasteiger partial charge >= 0.3 is 0 Å². The molecule has 0 saturated heterocycles. The van der Waals surface area contributed by atoms with Gasteiger partial charge in [-0.15, -0.1) is 0 Å². The van der Waals surface area contributed by atoms with Gasteiger partial charge in [-0.1, -0.05) is 18.2 Å². The van der Waals surface area contributed by atoms with Gasteiger partial charge in [-0.05, 0) is 24.3 Å². The van der Waals surface area contributed by atoms with Gasteiger partial charge in [-0.25, -0.2) is 4.68 Å². The Balaban J connectivity index is 1.70. The molecule has 0 fully saturated rings. The Morgan fingerprint density at radius 1 is 1.00 bits per heavy atom. The molecule has 18 heavy (non-hydrogen) atoms. The zero-order valence-corrected chi connectivity index (χ0v) is 9.90. The maximum absolute atomic E-state index is 4.35. The average molecular weight is 238 g/mol. The van der Waals surface area contributed by atoms with Crippen molar-refractivity contribution >= 4 is 0 Å². The number of hydrogen-bond donors (Lipinski definition) is 1. The van der Waals surface area contributed by atoms with Crippen molar-refractivity contribution in [3.63, 3.8) is 0 Å². The van der Waals surface area contributed by atoms with Crippen molar-refractivity contribution in [1.82, 2.24) is 14.5 Å². The van der Waals surface area contributed by atoms with Crippen LogP contribution in [0.5, 0.6) is 0 Å². The molecule has 0 aliphatic rings. The summed E-state index contributed by atoms with van der Waals surface area (Å²) in [5.41, 5.74) is 5.49. The van der Waals surface area contributed by atoms with Crippen LogP contribution in [-0.2, 0) is 6.54 Å². The van der Waals surface area contributed by atoms with Gasteiger partial charge in [0, 0.05) is 24.2 Å². The molecule has 1 N–H and O–H groups in total. The number of para-hydroxylation sites is 1. The molecule has 3 aromatic rings. The molecule has 0 aliphatic carbocycles. The first-order chi connectivity index (χ1) is 8.92. The van der Waals surface area contributed by atoms with Crippen LogP contribution in [0.15, 0.2) is 67.3 Å². The molecule has 0 atom stereocenters. The van der Waals surface area contributed by atoms with E-state index in [1.807, 2.05) is 76.6 Å². The molecular formula is C14H14N4. The summed E-state index contributed by atoms with van der Waals surface area (Å²) >= 11 is 0. The topological polar surface area (TPSA) is 34.8 Å². The Morgan fingerprint density at radius 3 is 2.56 bits per heavy atom. The summed E-state index contributed by atoms with van der Waals surface area (Å²) in [6.07, 6.45) is 7.86. The molecule has 0 bridgehead atoms. The van der Waals surface area contributed by atoms with Gasteiger partial charge in [0.1, 0.15) is 0 Å². The largest absolute Gasteiger partial charge is 0.322 e. The average Bonchev–Trinajstić information content (AvgIpc) is 3.09. The number of nitrogens with zero attached hydrogens (tertiary/aromatic N) is 3. The summed E-state index contributed by atoms with van der Waals surface area (Å²) in [5.74, 6) is 0. The van der Waals surface area contributed by atoms with Gasteiger partial charge in [0.05, 0.1) is 18.4 Å². The molecular weight excluding hydrogens is 224 g/mol. The molecule has 1 aromatic carbocycles. The normalized spacial score (nSPS) is 10.4. The lowest BCUT2D eigenvalue weighted by Crippen LogP contribution is -2.11. The summed E-state index contributed by atoms with van der Waals surface area (Å²) in [6, 6.07) is 14.1. The van der Waals surface area contributed by atoms with Gasteiger partial charge in [0.15, 0.2) is 0 Å². The maximum Gasteiger partial charge on any atom is 0.0645 e. The van der Waals surface area contributed by atoms with Gasteiger partial charge in [0.25, 0.3) is 0 Å². The molecule has 4 nitrogen and oxygen atoms in total. The highest BCUT2D eigenvalue weighted by atomic mass is 15.4. The minimum atomic E-state index is 0.752. The first kappa shape index (κ1) is 10.7. The monoisotopic (exact) mass is 238 g/mol. The smallest absolute Gasteiger partial charge is 0.0645 e. The van der Waals surface area contributed by atoms with Crippen molar-refractivity contribution in [2.75, 3.05) is 5.43 Å². The molecule has 0 spiro atoms. The highest BCUT2D eigenvalue weighted by Crippen LogP contribution is 2.07. The number of hydrogen-bond acceptors (Lipinski definition) is 2. The van der Waals surface area contributed by atoms with Gasteiger partial charge in [0.2, 0.25) is 0 Å². The Morgan fingerprint density at radius 2 is 1.78 bits per heavy atom. The number of rotatable bonds is 4. The van der Waals surface area contributed by atoms with E-state index in [4.69, 9.17) is 0 Å². The number of aromatic nitrogens is 3. The second-order valence-corrected chi connectivity index (χ2v) is 4.05. The van der Waals surface area contributed by atoms with Crippen LogP contribution in [0, 0.1) is 0 Å². The fraction of sp³-hybridized carbons (Fsp3) is 0.0714. The van der Waals surface area contributed by atoms with E-state index in [1.54, 1.807) is 0 Å². The van der Waals surface area contributed by atoms with Crippen LogP contribution in [0.2, 0.25) is 0 Å². The molecule has 2 heterocycles. The van der Waals surface area contributed by atoms with Crippen LogP contribution >= 0.6 is 0 Å². The maximum atomic E-state index is 4.35. The van der Waals surface area contributed by atoms with Crippen LogP contribution in [0.25, 0.3) is 5.69 Å². The second-order valence-electron chi connectivity index (χ2n) is 4.05. The molecule has 0 saturated carbocycles. The summed E-state index contributed by atoms with van der Waals surface area (Å²) in [6.45, 7) is 0.752. The lowest BCUT2D eigenvalue weighted by Gasteiger charge is -2.04. The molecule has 2 aromatic heterocycles. The predicted molar refractivity (Wildman–Crippen MR) is 71.1 cm³/mol. The fourth-order valence-electron chi connectivity index (χ4n) is 1.80. The van der Waals surface area contributed by atoms with Gasteiger partial charge in [-0.2, -0.15) is 5.10 Å². The van der Waals surface area contributed by atoms with E-state index < -0.39 is 0 Å². The van der Waals surface area contributed by atoms with Crippen molar-refractivity contribution in [3.05, 3.63) is 72.8 Å². The van der Waals surface area contributed by atoms with Crippen molar-refractivity contribution in [2.45, 2.75) is 6.54 Å². The zero-order valence-electron chi connectivity index (χ0n) is 9.90. The Labute approximate surface area is 105 Å². The van der Waals surface area contributed by atoms with E-state index in [0.29, 0.717) is 0 Å². The van der Waals surface area contributed by atoms with E-state index in [-0.39, 0.29) is 0 Å². The van der Waals surface area contributed by atoms with Crippen LogP contribution in [0.1, 0.15) is 5.56 Å². The summed E-state index contributed by atoms with van der Waals surface area (Å²) in [7, 11) is 0. The Hall–Kier alpha value is -2.49. The van der Waals surface area contributed by atoms with Crippen molar-refractivity contribution < 1.29 is 0 Å². The number of benzene rings is 1. The molecule has 3 rings (SSSR count). The standard InChI is InChI=1S/C14H14N4/c1-2-6-14(7-3-1)18-12-13(11-16-18)10-15-17-8-4-5-9-17/h1-9,11-12,15H,10H2. The summed E-state index contributed by atoms with van der Waals surface area (Å²) < 4.78 is 3.81. The fourth-order valence-corrected chi connectivity index (χ4v) is 1.80. The van der Waals surface area contributed by atoms with Crippen molar-refractivity contribution in [1.29, 1.82) is 0 Å². The minimum Gasteiger partial charge on any atom is -0.322 e.